The predicted molar refractivity (Wildman–Crippen MR) is 76.5 cm³/mol. The maximum absolute atomic E-state index is 5.52. The number of piperidine rings is 1. The van der Waals surface area contributed by atoms with E-state index < -0.39 is 0 Å². The highest BCUT2D eigenvalue weighted by molar-refractivity contribution is 5.28. The first kappa shape index (κ1) is 14.3. The van der Waals surface area contributed by atoms with Gasteiger partial charge in [0, 0.05) is 19.1 Å². The van der Waals surface area contributed by atoms with Crippen molar-refractivity contribution < 1.29 is 4.52 Å². The Morgan fingerprint density at radius 1 is 1.16 bits per heavy atom. The molecule has 0 aromatic carbocycles. The van der Waals surface area contributed by atoms with Crippen LogP contribution in [0.3, 0.4) is 0 Å². The first-order chi connectivity index (χ1) is 9.13. The largest absolute Gasteiger partial charge is 0.338 e. The second-order valence-corrected chi connectivity index (χ2v) is 5.83. The summed E-state index contributed by atoms with van der Waals surface area (Å²) in [6, 6.07) is 0.328. The number of hydrogen-bond donors (Lipinski definition) is 1. The fourth-order valence-corrected chi connectivity index (χ4v) is 2.84. The number of anilines is 1. The Morgan fingerprint density at radius 3 is 2.42 bits per heavy atom. The molecule has 0 radical (unpaired) electrons. The van der Waals surface area contributed by atoms with Crippen molar-refractivity contribution in [3.05, 3.63) is 5.89 Å². The highest BCUT2D eigenvalue weighted by atomic mass is 16.5. The van der Waals surface area contributed by atoms with Crippen molar-refractivity contribution in [2.75, 3.05) is 25.0 Å². The lowest BCUT2D eigenvalue weighted by Gasteiger charge is -2.25. The van der Waals surface area contributed by atoms with Crippen molar-refractivity contribution in [2.45, 2.75) is 52.0 Å². The molecule has 5 heteroatoms. The quantitative estimate of drug-likeness (QED) is 0.887. The molecular formula is C14H26N4O. The summed E-state index contributed by atoms with van der Waals surface area (Å²) in [5.41, 5.74) is 0. The van der Waals surface area contributed by atoms with Crippen molar-refractivity contribution in [3.8, 4) is 0 Å². The monoisotopic (exact) mass is 266 g/mol. The van der Waals surface area contributed by atoms with E-state index in [4.69, 9.17) is 4.52 Å². The summed E-state index contributed by atoms with van der Waals surface area (Å²) in [5, 5.41) is 7.46. The molecule has 2 unspecified atom stereocenters. The first-order valence-corrected chi connectivity index (χ1v) is 7.39. The Morgan fingerprint density at radius 2 is 1.84 bits per heavy atom. The molecule has 1 aromatic rings. The molecule has 108 valence electrons. The third kappa shape index (κ3) is 3.26. The van der Waals surface area contributed by atoms with Gasteiger partial charge in [-0.15, -0.1) is 0 Å². The number of aromatic nitrogens is 2. The molecular weight excluding hydrogens is 240 g/mol. The first-order valence-electron chi connectivity index (χ1n) is 7.39. The average Bonchev–Trinajstić information content (AvgIpc) is 2.88. The zero-order chi connectivity index (χ0) is 13.8. The SMILES string of the molecule is CNC(C)C(c1nc(N2CCCCC2)no1)C(C)C. The van der Waals surface area contributed by atoms with Gasteiger partial charge in [-0.1, -0.05) is 13.8 Å². The number of likely N-dealkylation sites (N-methyl/N-ethyl adjacent to an activating group) is 1. The van der Waals surface area contributed by atoms with Gasteiger partial charge in [-0.3, -0.25) is 0 Å². The minimum Gasteiger partial charge on any atom is -0.338 e. The van der Waals surface area contributed by atoms with Crippen molar-refractivity contribution >= 4 is 5.95 Å². The summed E-state index contributed by atoms with van der Waals surface area (Å²) in [7, 11) is 1.97. The lowest BCUT2D eigenvalue weighted by molar-refractivity contribution is 0.285. The van der Waals surface area contributed by atoms with Gasteiger partial charge in [0.15, 0.2) is 0 Å². The van der Waals surface area contributed by atoms with Gasteiger partial charge in [0.05, 0.1) is 5.92 Å². The number of nitrogens with zero attached hydrogens (tertiary/aromatic N) is 3. The van der Waals surface area contributed by atoms with E-state index in [2.05, 4.69) is 41.1 Å². The van der Waals surface area contributed by atoms with E-state index in [0.29, 0.717) is 12.0 Å². The van der Waals surface area contributed by atoms with Crippen molar-refractivity contribution in [3.63, 3.8) is 0 Å². The van der Waals surface area contributed by atoms with Crippen molar-refractivity contribution in [1.82, 2.24) is 15.5 Å². The van der Waals surface area contributed by atoms with Crippen LogP contribution in [0.4, 0.5) is 5.95 Å². The highest BCUT2D eigenvalue weighted by Gasteiger charge is 2.28. The van der Waals surface area contributed by atoms with Crippen LogP contribution in [0.5, 0.6) is 0 Å². The maximum atomic E-state index is 5.52. The fraction of sp³-hybridized carbons (Fsp3) is 0.857. The van der Waals surface area contributed by atoms with E-state index in [-0.39, 0.29) is 5.92 Å². The Balaban J connectivity index is 2.13. The molecule has 1 fully saturated rings. The van der Waals surface area contributed by atoms with E-state index in [1.165, 1.54) is 19.3 Å². The Hall–Kier alpha value is -1.10. The van der Waals surface area contributed by atoms with Crippen LogP contribution in [0.1, 0.15) is 51.8 Å². The summed E-state index contributed by atoms with van der Waals surface area (Å²) in [5.74, 6) is 2.26. The lowest BCUT2D eigenvalue weighted by atomic mass is 9.89. The standard InChI is InChI=1S/C14H26N4O/c1-10(2)12(11(3)15-4)13-16-14(17-19-13)18-8-6-5-7-9-18/h10-12,15H,5-9H2,1-4H3. The molecule has 1 aliphatic heterocycles. The summed E-state index contributed by atoms with van der Waals surface area (Å²) in [6.45, 7) is 8.65. The average molecular weight is 266 g/mol. The molecule has 2 atom stereocenters. The van der Waals surface area contributed by atoms with Gasteiger partial charge < -0.3 is 14.7 Å². The molecule has 19 heavy (non-hydrogen) atoms. The van der Waals surface area contributed by atoms with Gasteiger partial charge in [-0.2, -0.15) is 4.98 Å². The topological polar surface area (TPSA) is 54.2 Å². The van der Waals surface area contributed by atoms with Gasteiger partial charge in [-0.05, 0) is 44.3 Å². The van der Waals surface area contributed by atoms with Crippen LogP contribution in [0.15, 0.2) is 4.52 Å². The van der Waals surface area contributed by atoms with Gasteiger partial charge in [0.25, 0.3) is 5.95 Å². The summed E-state index contributed by atoms with van der Waals surface area (Å²) < 4.78 is 5.52. The van der Waals surface area contributed by atoms with E-state index in [0.717, 1.165) is 24.9 Å². The highest BCUT2D eigenvalue weighted by Crippen LogP contribution is 2.28. The van der Waals surface area contributed by atoms with Crippen molar-refractivity contribution in [2.24, 2.45) is 5.92 Å². The van der Waals surface area contributed by atoms with Crippen LogP contribution < -0.4 is 10.2 Å². The van der Waals surface area contributed by atoms with E-state index >= 15 is 0 Å². The number of nitrogens with one attached hydrogen (secondary N) is 1. The lowest BCUT2D eigenvalue weighted by Crippen LogP contribution is -2.32. The number of hydrogen-bond acceptors (Lipinski definition) is 5. The van der Waals surface area contributed by atoms with Crippen LogP contribution in [-0.4, -0.2) is 36.3 Å². The summed E-state index contributed by atoms with van der Waals surface area (Å²) in [6.07, 6.45) is 3.77. The molecule has 5 nitrogen and oxygen atoms in total. The van der Waals surface area contributed by atoms with Gasteiger partial charge in [0.1, 0.15) is 0 Å². The van der Waals surface area contributed by atoms with E-state index in [1.54, 1.807) is 0 Å². The van der Waals surface area contributed by atoms with E-state index in [1.807, 2.05) is 7.05 Å². The van der Waals surface area contributed by atoms with Crippen LogP contribution in [-0.2, 0) is 0 Å². The third-order valence-electron chi connectivity index (χ3n) is 4.07. The Bertz CT molecular complexity index is 385. The molecule has 2 rings (SSSR count). The maximum Gasteiger partial charge on any atom is 0.266 e. The van der Waals surface area contributed by atoms with E-state index in [9.17, 15) is 0 Å². The van der Waals surface area contributed by atoms with Crippen LogP contribution >= 0.6 is 0 Å². The molecule has 0 aliphatic carbocycles. The molecule has 0 spiro atoms. The van der Waals surface area contributed by atoms with Gasteiger partial charge in [0.2, 0.25) is 5.89 Å². The minimum absolute atomic E-state index is 0.260. The third-order valence-corrected chi connectivity index (χ3v) is 4.07. The molecule has 1 aliphatic rings. The zero-order valence-electron chi connectivity index (χ0n) is 12.5. The molecule has 2 heterocycles. The molecule has 0 saturated carbocycles. The Kier molecular flexibility index (Phi) is 4.80. The molecule has 0 amide bonds. The van der Waals surface area contributed by atoms with Gasteiger partial charge in [-0.25, -0.2) is 0 Å². The molecule has 1 saturated heterocycles. The normalized spacial score (nSPS) is 19.7. The second kappa shape index (κ2) is 6.37. The molecule has 0 bridgehead atoms. The summed E-state index contributed by atoms with van der Waals surface area (Å²) >= 11 is 0. The molecule has 1 aromatic heterocycles. The molecule has 1 N–H and O–H groups in total. The fourth-order valence-electron chi connectivity index (χ4n) is 2.84. The summed E-state index contributed by atoms with van der Waals surface area (Å²) in [4.78, 5) is 6.87. The van der Waals surface area contributed by atoms with Crippen LogP contribution in [0, 0.1) is 5.92 Å². The van der Waals surface area contributed by atoms with Crippen molar-refractivity contribution in [1.29, 1.82) is 0 Å². The second-order valence-electron chi connectivity index (χ2n) is 5.83. The van der Waals surface area contributed by atoms with Crippen LogP contribution in [0.25, 0.3) is 0 Å². The predicted octanol–water partition coefficient (Wildman–Crippen LogP) is 2.41. The van der Waals surface area contributed by atoms with Gasteiger partial charge >= 0.3 is 0 Å². The minimum atomic E-state index is 0.260. The smallest absolute Gasteiger partial charge is 0.266 e. The Labute approximate surface area is 115 Å². The number of rotatable bonds is 5. The van der Waals surface area contributed by atoms with Crippen LogP contribution in [0.2, 0.25) is 0 Å². The zero-order valence-corrected chi connectivity index (χ0v) is 12.5.